The van der Waals surface area contributed by atoms with Gasteiger partial charge in [0.25, 0.3) is 5.91 Å². The summed E-state index contributed by atoms with van der Waals surface area (Å²) >= 11 is 6.37. The highest BCUT2D eigenvalue weighted by Crippen LogP contribution is 2.38. The molecule has 0 bridgehead atoms. The summed E-state index contributed by atoms with van der Waals surface area (Å²) in [7, 11) is 2.95. The highest BCUT2D eigenvalue weighted by molar-refractivity contribution is 6.34. The zero-order valence-electron chi connectivity index (χ0n) is 19.4. The Morgan fingerprint density at radius 2 is 1.68 bits per heavy atom. The maximum absolute atomic E-state index is 13.2. The van der Waals surface area contributed by atoms with Crippen LogP contribution in [0.3, 0.4) is 0 Å². The Balaban J connectivity index is 2.04. The Kier molecular flexibility index (Phi) is 8.02. The molecule has 3 aromatic rings. The summed E-state index contributed by atoms with van der Waals surface area (Å²) in [6.45, 7) is 4.36. The molecule has 0 unspecified atom stereocenters. The number of halogens is 1. The number of anilines is 1. The molecule has 0 fully saturated rings. The van der Waals surface area contributed by atoms with Crippen LogP contribution in [-0.2, 0) is 0 Å². The van der Waals surface area contributed by atoms with E-state index < -0.39 is 11.9 Å². The molecule has 0 aliphatic carbocycles. The standard InChI is InChI=1S/C26H26ClNO6/c1-5-12-34-17-7-8-19(21(27)14-17)25(29)28-24-15(2)22(32-3)11-9-18(24)16-6-10-23(33-4)20(13-16)26(30)31/h6-11,13-14H,5,12H2,1-4H3,(H,28,29)(H,30,31). The Bertz CT molecular complexity index is 1220. The van der Waals surface area contributed by atoms with E-state index in [2.05, 4.69) is 5.32 Å². The molecular weight excluding hydrogens is 458 g/mol. The van der Waals surface area contributed by atoms with E-state index in [0.717, 1.165) is 6.42 Å². The monoisotopic (exact) mass is 483 g/mol. The number of hydrogen-bond acceptors (Lipinski definition) is 5. The number of carboxylic acid groups (broad SMARTS) is 1. The Hall–Kier alpha value is -3.71. The second-order valence-corrected chi connectivity index (χ2v) is 7.89. The average molecular weight is 484 g/mol. The van der Waals surface area contributed by atoms with Crippen LogP contribution in [0.4, 0.5) is 5.69 Å². The van der Waals surface area contributed by atoms with Crippen LogP contribution in [0.1, 0.15) is 39.6 Å². The normalized spacial score (nSPS) is 10.5. The number of carbonyl (C=O) groups excluding carboxylic acids is 1. The number of aromatic carboxylic acids is 1. The molecule has 0 saturated carbocycles. The van der Waals surface area contributed by atoms with Crippen LogP contribution in [0, 0.1) is 6.92 Å². The molecule has 7 nitrogen and oxygen atoms in total. The first-order valence-corrected chi connectivity index (χ1v) is 11.0. The summed E-state index contributed by atoms with van der Waals surface area (Å²) in [6, 6.07) is 13.2. The quantitative estimate of drug-likeness (QED) is 0.383. The number of benzene rings is 3. The van der Waals surface area contributed by atoms with Crippen molar-refractivity contribution >= 4 is 29.2 Å². The van der Waals surface area contributed by atoms with Crippen molar-refractivity contribution in [3.63, 3.8) is 0 Å². The maximum Gasteiger partial charge on any atom is 0.339 e. The van der Waals surface area contributed by atoms with Gasteiger partial charge in [0, 0.05) is 11.1 Å². The molecule has 0 spiro atoms. The van der Waals surface area contributed by atoms with Gasteiger partial charge in [-0.2, -0.15) is 0 Å². The van der Waals surface area contributed by atoms with E-state index in [4.69, 9.17) is 25.8 Å². The summed E-state index contributed by atoms with van der Waals surface area (Å²) in [4.78, 5) is 24.9. The van der Waals surface area contributed by atoms with Crippen molar-refractivity contribution in [2.24, 2.45) is 0 Å². The van der Waals surface area contributed by atoms with Gasteiger partial charge in [-0.3, -0.25) is 4.79 Å². The molecule has 0 atom stereocenters. The molecule has 0 heterocycles. The van der Waals surface area contributed by atoms with Crippen molar-refractivity contribution in [2.75, 3.05) is 26.1 Å². The van der Waals surface area contributed by atoms with Crippen LogP contribution in [0.2, 0.25) is 5.02 Å². The molecule has 1 amide bonds. The molecule has 0 aromatic heterocycles. The predicted octanol–water partition coefficient (Wildman–Crippen LogP) is 6.07. The highest BCUT2D eigenvalue weighted by atomic mass is 35.5. The zero-order chi connectivity index (χ0) is 24.8. The minimum Gasteiger partial charge on any atom is -0.496 e. The molecule has 0 aliphatic heterocycles. The lowest BCUT2D eigenvalue weighted by Gasteiger charge is -2.18. The third-order valence-electron chi connectivity index (χ3n) is 5.27. The fourth-order valence-electron chi connectivity index (χ4n) is 3.53. The van der Waals surface area contributed by atoms with E-state index in [9.17, 15) is 14.7 Å². The summed E-state index contributed by atoms with van der Waals surface area (Å²) in [5, 5.41) is 12.8. The number of ether oxygens (including phenoxy) is 3. The fraction of sp³-hybridized carbons (Fsp3) is 0.231. The smallest absolute Gasteiger partial charge is 0.339 e. The van der Waals surface area contributed by atoms with Crippen LogP contribution in [0.25, 0.3) is 11.1 Å². The lowest BCUT2D eigenvalue weighted by atomic mass is 9.97. The van der Waals surface area contributed by atoms with E-state index in [1.807, 2.05) is 13.8 Å². The third-order valence-corrected chi connectivity index (χ3v) is 5.59. The van der Waals surface area contributed by atoms with Crippen LogP contribution in [0.15, 0.2) is 48.5 Å². The molecule has 3 aromatic carbocycles. The van der Waals surface area contributed by atoms with E-state index in [1.54, 1.807) is 42.5 Å². The Labute approximate surface area is 203 Å². The minimum absolute atomic E-state index is 0.0106. The van der Waals surface area contributed by atoms with Crippen molar-refractivity contribution in [3.8, 4) is 28.4 Å². The number of hydrogen-bond donors (Lipinski definition) is 2. The largest absolute Gasteiger partial charge is 0.496 e. The van der Waals surface area contributed by atoms with Crippen molar-refractivity contribution < 1.29 is 28.9 Å². The van der Waals surface area contributed by atoms with Gasteiger partial charge in [-0.25, -0.2) is 4.79 Å². The molecule has 8 heteroatoms. The first-order valence-electron chi connectivity index (χ1n) is 10.6. The van der Waals surface area contributed by atoms with Gasteiger partial charge >= 0.3 is 5.97 Å². The summed E-state index contributed by atoms with van der Waals surface area (Å²) in [5.74, 6) is -0.144. The summed E-state index contributed by atoms with van der Waals surface area (Å²) < 4.78 is 16.2. The fourth-order valence-corrected chi connectivity index (χ4v) is 3.78. The van der Waals surface area contributed by atoms with Crippen molar-refractivity contribution in [1.82, 2.24) is 0 Å². The van der Waals surface area contributed by atoms with Crippen molar-refractivity contribution in [3.05, 3.63) is 70.2 Å². The van der Waals surface area contributed by atoms with Crippen LogP contribution >= 0.6 is 11.6 Å². The van der Waals surface area contributed by atoms with Gasteiger partial charge in [0.15, 0.2) is 0 Å². The second-order valence-electron chi connectivity index (χ2n) is 7.48. The predicted molar refractivity (Wildman–Crippen MR) is 132 cm³/mol. The minimum atomic E-state index is -1.12. The number of carbonyl (C=O) groups is 2. The van der Waals surface area contributed by atoms with E-state index >= 15 is 0 Å². The topological polar surface area (TPSA) is 94.1 Å². The van der Waals surface area contributed by atoms with E-state index in [1.165, 1.54) is 20.3 Å². The number of rotatable bonds is 9. The van der Waals surface area contributed by atoms with Crippen molar-refractivity contribution in [2.45, 2.75) is 20.3 Å². The highest BCUT2D eigenvalue weighted by Gasteiger charge is 2.20. The molecule has 2 N–H and O–H groups in total. The lowest BCUT2D eigenvalue weighted by Crippen LogP contribution is -2.15. The Morgan fingerprint density at radius 3 is 2.29 bits per heavy atom. The van der Waals surface area contributed by atoms with Crippen molar-refractivity contribution in [1.29, 1.82) is 0 Å². The number of methoxy groups -OCH3 is 2. The summed E-state index contributed by atoms with van der Waals surface area (Å²) in [6.07, 6.45) is 0.854. The van der Waals surface area contributed by atoms with E-state index in [0.29, 0.717) is 40.5 Å². The number of nitrogens with one attached hydrogen (secondary N) is 1. The van der Waals surface area contributed by atoms with Gasteiger partial charge in [0.05, 0.1) is 37.1 Å². The second kappa shape index (κ2) is 10.9. The van der Waals surface area contributed by atoms with Gasteiger partial charge in [-0.05, 0) is 61.4 Å². The number of amides is 1. The van der Waals surface area contributed by atoms with E-state index in [-0.39, 0.29) is 21.9 Å². The molecule has 0 aliphatic rings. The molecule has 0 radical (unpaired) electrons. The number of carboxylic acids is 1. The first kappa shape index (κ1) is 24.9. The molecule has 0 saturated heterocycles. The molecule has 3 rings (SSSR count). The molecule has 178 valence electrons. The van der Waals surface area contributed by atoms with Gasteiger partial charge in [-0.1, -0.05) is 24.6 Å². The summed E-state index contributed by atoms with van der Waals surface area (Å²) in [5.41, 5.74) is 2.66. The average Bonchev–Trinajstić information content (AvgIpc) is 2.83. The van der Waals surface area contributed by atoms with Gasteiger partial charge < -0.3 is 24.6 Å². The third kappa shape index (κ3) is 5.26. The van der Waals surface area contributed by atoms with Crippen LogP contribution < -0.4 is 19.5 Å². The van der Waals surface area contributed by atoms with Gasteiger partial charge in [0.1, 0.15) is 22.8 Å². The van der Waals surface area contributed by atoms with Crippen LogP contribution in [-0.4, -0.2) is 37.8 Å². The SMILES string of the molecule is CCCOc1ccc(C(=O)Nc2c(-c3ccc(OC)c(C(=O)O)c3)ccc(OC)c2C)c(Cl)c1. The van der Waals surface area contributed by atoms with Gasteiger partial charge in [-0.15, -0.1) is 0 Å². The zero-order valence-corrected chi connectivity index (χ0v) is 20.2. The Morgan fingerprint density at radius 1 is 0.971 bits per heavy atom. The van der Waals surface area contributed by atoms with Gasteiger partial charge in [0.2, 0.25) is 0 Å². The molecular formula is C26H26ClNO6. The maximum atomic E-state index is 13.2. The van der Waals surface area contributed by atoms with Crippen LogP contribution in [0.5, 0.6) is 17.2 Å². The lowest BCUT2D eigenvalue weighted by molar-refractivity contribution is 0.0693. The first-order chi connectivity index (χ1) is 16.3. The molecule has 34 heavy (non-hydrogen) atoms.